The number of rotatable bonds is 4. The molecule has 178 valence electrons. The molecule has 2 fully saturated rings. The molecule has 3 heterocycles. The first-order valence-electron chi connectivity index (χ1n) is 11.7. The Balaban J connectivity index is 1.23. The number of piperidine rings is 2. The van der Waals surface area contributed by atoms with E-state index in [2.05, 4.69) is 19.6 Å². The molecule has 0 atom stereocenters. The molecule has 0 radical (unpaired) electrons. The highest BCUT2D eigenvalue weighted by Gasteiger charge is 2.32. The van der Waals surface area contributed by atoms with Gasteiger partial charge in [0.15, 0.2) is 0 Å². The lowest BCUT2D eigenvalue weighted by atomic mass is 9.79. The van der Waals surface area contributed by atoms with E-state index in [1.807, 2.05) is 49.9 Å². The van der Waals surface area contributed by atoms with E-state index in [1.165, 1.54) is 6.33 Å². The van der Waals surface area contributed by atoms with Gasteiger partial charge in [-0.3, -0.25) is 10.1 Å². The molecule has 1 aromatic heterocycles. The first kappa shape index (κ1) is 23.5. The van der Waals surface area contributed by atoms with Gasteiger partial charge >= 0.3 is 6.09 Å². The van der Waals surface area contributed by atoms with E-state index < -0.39 is 5.60 Å². The number of hydrogen-bond acceptors (Lipinski definition) is 7. The Kier molecular flexibility index (Phi) is 7.17. The number of nitrogens with one attached hydrogen (secondary N) is 1. The Morgan fingerprint density at radius 1 is 1.00 bits per heavy atom. The molecule has 0 unspecified atom stereocenters. The summed E-state index contributed by atoms with van der Waals surface area (Å²) in [6.45, 7) is 9.36. The Labute approximate surface area is 199 Å². The molecule has 1 N–H and O–H groups in total. The first-order chi connectivity index (χ1) is 15.8. The molecular weight excluding hydrogens is 438 g/mol. The van der Waals surface area contributed by atoms with Crippen LogP contribution in [-0.4, -0.2) is 58.0 Å². The lowest BCUT2D eigenvalue weighted by Gasteiger charge is -2.41. The standard InChI is InChI=1S/C24H33N5O3S/c1-24(2,3)32-23(31)29-14-10-18(11-15-29)17-8-12-28(13-9-17)20-6-4-19(5-7-20)21(30)27-22-25-16-26-33-22/h4-7,16-18H,8-15H2,1-3H3,(H,25,26,27,30). The molecule has 2 aliphatic heterocycles. The van der Waals surface area contributed by atoms with Crippen molar-refractivity contribution >= 4 is 34.4 Å². The minimum Gasteiger partial charge on any atom is -0.444 e. The van der Waals surface area contributed by atoms with Crippen LogP contribution in [0.5, 0.6) is 0 Å². The zero-order valence-electron chi connectivity index (χ0n) is 19.6. The molecule has 2 amide bonds. The van der Waals surface area contributed by atoms with Crippen molar-refractivity contribution in [3.63, 3.8) is 0 Å². The summed E-state index contributed by atoms with van der Waals surface area (Å²) in [7, 11) is 0. The van der Waals surface area contributed by atoms with Crippen LogP contribution in [0.1, 0.15) is 56.8 Å². The predicted molar refractivity (Wildman–Crippen MR) is 130 cm³/mol. The van der Waals surface area contributed by atoms with Crippen LogP contribution in [0.4, 0.5) is 15.6 Å². The van der Waals surface area contributed by atoms with E-state index in [1.54, 1.807) is 0 Å². The van der Waals surface area contributed by atoms with Crippen molar-refractivity contribution in [3.8, 4) is 0 Å². The molecule has 9 heteroatoms. The molecule has 8 nitrogen and oxygen atoms in total. The van der Waals surface area contributed by atoms with Gasteiger partial charge in [-0.25, -0.2) is 9.78 Å². The maximum atomic E-state index is 12.3. The monoisotopic (exact) mass is 471 g/mol. The van der Waals surface area contributed by atoms with E-state index in [-0.39, 0.29) is 12.0 Å². The lowest BCUT2D eigenvalue weighted by Crippen LogP contribution is -2.44. The second-order valence-electron chi connectivity index (χ2n) is 9.88. The number of likely N-dealkylation sites (tertiary alicyclic amines) is 1. The highest BCUT2D eigenvalue weighted by Crippen LogP contribution is 2.34. The van der Waals surface area contributed by atoms with Gasteiger partial charge in [0, 0.05) is 49.0 Å². The van der Waals surface area contributed by atoms with Gasteiger partial charge in [-0.15, -0.1) is 0 Å². The average Bonchev–Trinajstić information content (AvgIpc) is 3.31. The molecule has 0 saturated carbocycles. The molecule has 4 rings (SSSR count). The van der Waals surface area contributed by atoms with Crippen LogP contribution >= 0.6 is 11.5 Å². The molecule has 1 aromatic carbocycles. The van der Waals surface area contributed by atoms with E-state index in [9.17, 15) is 9.59 Å². The number of nitrogens with zero attached hydrogens (tertiary/aromatic N) is 4. The van der Waals surface area contributed by atoms with Gasteiger partial charge in [-0.05, 0) is 82.6 Å². The van der Waals surface area contributed by atoms with E-state index in [4.69, 9.17) is 4.74 Å². The normalized spacial score (nSPS) is 18.3. The Morgan fingerprint density at radius 3 is 2.15 bits per heavy atom. The number of carbonyl (C=O) groups excluding carboxylic acids is 2. The minimum absolute atomic E-state index is 0.172. The SMILES string of the molecule is CC(C)(C)OC(=O)N1CCC(C2CCN(c3ccc(C(=O)Nc4ncns4)cc3)CC2)CC1. The van der Waals surface area contributed by atoms with Gasteiger partial charge in [-0.2, -0.15) is 4.37 Å². The second-order valence-corrected chi connectivity index (χ2v) is 10.7. The summed E-state index contributed by atoms with van der Waals surface area (Å²) in [5, 5.41) is 3.26. The van der Waals surface area contributed by atoms with Crippen LogP contribution in [0, 0.1) is 11.8 Å². The number of benzene rings is 1. The first-order valence-corrected chi connectivity index (χ1v) is 12.5. The average molecular weight is 472 g/mol. The van der Waals surface area contributed by atoms with Crippen LogP contribution in [0.2, 0.25) is 0 Å². The van der Waals surface area contributed by atoms with Crippen LogP contribution in [0.15, 0.2) is 30.6 Å². The Hall–Kier alpha value is -2.68. The smallest absolute Gasteiger partial charge is 0.410 e. The Morgan fingerprint density at radius 2 is 1.61 bits per heavy atom. The quantitative estimate of drug-likeness (QED) is 0.698. The fraction of sp³-hybridized carbons (Fsp3) is 0.583. The number of carbonyl (C=O) groups is 2. The number of amides is 2. The third kappa shape index (κ3) is 6.22. The van der Waals surface area contributed by atoms with Crippen LogP contribution in [0.3, 0.4) is 0 Å². The minimum atomic E-state index is -0.443. The third-order valence-electron chi connectivity index (χ3n) is 6.47. The molecular formula is C24H33N5O3S. The topological polar surface area (TPSA) is 87.7 Å². The summed E-state index contributed by atoms with van der Waals surface area (Å²) in [5.74, 6) is 1.21. The summed E-state index contributed by atoms with van der Waals surface area (Å²) in [6.07, 6.45) is 5.69. The summed E-state index contributed by atoms with van der Waals surface area (Å²) >= 11 is 1.16. The lowest BCUT2D eigenvalue weighted by molar-refractivity contribution is 0.0152. The number of anilines is 2. The van der Waals surface area contributed by atoms with Crippen molar-refractivity contribution in [2.75, 3.05) is 36.4 Å². The third-order valence-corrected chi connectivity index (χ3v) is 7.05. The fourth-order valence-corrected chi connectivity index (χ4v) is 5.16. The number of hydrogen-bond donors (Lipinski definition) is 1. The highest BCUT2D eigenvalue weighted by molar-refractivity contribution is 7.09. The summed E-state index contributed by atoms with van der Waals surface area (Å²) < 4.78 is 9.41. The maximum absolute atomic E-state index is 12.3. The predicted octanol–water partition coefficient (Wildman–Crippen LogP) is 4.65. The summed E-state index contributed by atoms with van der Waals surface area (Å²) in [4.78, 5) is 32.9. The number of aromatic nitrogens is 2. The molecule has 0 bridgehead atoms. The number of ether oxygens (including phenoxy) is 1. The van der Waals surface area contributed by atoms with Crippen LogP contribution in [0.25, 0.3) is 0 Å². The highest BCUT2D eigenvalue weighted by atomic mass is 32.1. The zero-order valence-corrected chi connectivity index (χ0v) is 20.4. The van der Waals surface area contributed by atoms with Crippen molar-refractivity contribution < 1.29 is 14.3 Å². The summed E-state index contributed by atoms with van der Waals surface area (Å²) in [6, 6.07) is 7.78. The second kappa shape index (κ2) is 10.1. The van der Waals surface area contributed by atoms with Crippen molar-refractivity contribution in [3.05, 3.63) is 36.2 Å². The van der Waals surface area contributed by atoms with Crippen molar-refractivity contribution in [1.29, 1.82) is 0 Å². The van der Waals surface area contributed by atoms with Crippen LogP contribution in [-0.2, 0) is 4.74 Å². The molecule has 2 aromatic rings. The largest absolute Gasteiger partial charge is 0.444 e. The van der Waals surface area contributed by atoms with Gasteiger partial charge in [0.25, 0.3) is 5.91 Å². The maximum Gasteiger partial charge on any atom is 0.410 e. The summed E-state index contributed by atoms with van der Waals surface area (Å²) in [5.41, 5.74) is 1.32. The van der Waals surface area contributed by atoms with Gasteiger partial charge in [0.2, 0.25) is 5.13 Å². The van der Waals surface area contributed by atoms with Crippen LogP contribution < -0.4 is 10.2 Å². The molecule has 0 aliphatic carbocycles. The van der Waals surface area contributed by atoms with E-state index in [0.29, 0.717) is 22.5 Å². The van der Waals surface area contributed by atoms with Crippen molar-refractivity contribution in [2.24, 2.45) is 11.8 Å². The van der Waals surface area contributed by atoms with Gasteiger partial charge in [0.05, 0.1) is 0 Å². The zero-order chi connectivity index (χ0) is 23.4. The van der Waals surface area contributed by atoms with Crippen molar-refractivity contribution in [1.82, 2.24) is 14.3 Å². The van der Waals surface area contributed by atoms with E-state index >= 15 is 0 Å². The molecule has 2 saturated heterocycles. The van der Waals surface area contributed by atoms with Gasteiger partial charge in [0.1, 0.15) is 11.9 Å². The van der Waals surface area contributed by atoms with Gasteiger partial charge in [-0.1, -0.05) is 0 Å². The molecule has 2 aliphatic rings. The Bertz CT molecular complexity index is 926. The fourth-order valence-electron chi connectivity index (χ4n) is 4.73. The van der Waals surface area contributed by atoms with Gasteiger partial charge < -0.3 is 14.5 Å². The van der Waals surface area contributed by atoms with E-state index in [0.717, 1.165) is 69.1 Å². The van der Waals surface area contributed by atoms with Crippen molar-refractivity contribution in [2.45, 2.75) is 52.1 Å². The molecule has 0 spiro atoms. The molecule has 33 heavy (non-hydrogen) atoms.